The molecule has 0 bridgehead atoms. The summed E-state index contributed by atoms with van der Waals surface area (Å²) in [6.07, 6.45) is -5.77. The van der Waals surface area contributed by atoms with Gasteiger partial charge in [0.15, 0.2) is 23.0 Å². The van der Waals surface area contributed by atoms with Gasteiger partial charge in [-0.1, -0.05) is 19.1 Å². The van der Waals surface area contributed by atoms with Crippen molar-refractivity contribution in [1.29, 1.82) is 0 Å². The van der Waals surface area contributed by atoms with Gasteiger partial charge in [-0.15, -0.1) is 0 Å². The van der Waals surface area contributed by atoms with E-state index in [1.165, 1.54) is 6.92 Å². The van der Waals surface area contributed by atoms with Gasteiger partial charge in [0, 0.05) is 6.42 Å². The summed E-state index contributed by atoms with van der Waals surface area (Å²) in [4.78, 5) is 12.4. The number of benzene rings is 3. The number of hydrogen-bond acceptors (Lipinski definition) is 1. The molecule has 0 fully saturated rings. The predicted octanol–water partition coefficient (Wildman–Crippen LogP) is 6.96. The second kappa shape index (κ2) is 9.47. The number of rotatable bonds is 6. The molecule has 3 rings (SSSR count). The van der Waals surface area contributed by atoms with Crippen molar-refractivity contribution in [3.63, 3.8) is 0 Å². The Hall–Kier alpha value is -3.57. The van der Waals surface area contributed by atoms with Crippen molar-refractivity contribution in [3.8, 4) is 0 Å². The molecule has 3 aromatic rings. The number of carbonyl (C=O) groups excluding carboxylic acids is 1. The van der Waals surface area contributed by atoms with Gasteiger partial charge in [0.2, 0.25) is 5.91 Å². The third-order valence-corrected chi connectivity index (χ3v) is 5.43. The van der Waals surface area contributed by atoms with Crippen LogP contribution in [0.4, 0.5) is 43.9 Å². The van der Waals surface area contributed by atoms with Crippen LogP contribution in [-0.4, -0.2) is 5.91 Å². The van der Waals surface area contributed by atoms with Gasteiger partial charge < -0.3 is 5.32 Å². The van der Waals surface area contributed by atoms with Gasteiger partial charge in [0.05, 0.1) is 11.1 Å². The number of halogens is 10. The zero-order chi connectivity index (χ0) is 27.1. The standard InChI is InChI=1S/C24H15F10NO/c1-2-19(36)35-22(12-3-5-15(25)6-4-12,13-9-14(24(32,33)34)11-16(26)10-13)23(30,31)17-7-8-18(27)21(29)20(17)28/h3-11H,2H2,1H3,(H,35,36)/t22-/m1/s1. The lowest BCUT2D eigenvalue weighted by molar-refractivity contribution is -0.138. The van der Waals surface area contributed by atoms with Gasteiger partial charge in [0.1, 0.15) is 11.6 Å². The van der Waals surface area contributed by atoms with Gasteiger partial charge in [-0.25, -0.2) is 22.0 Å². The lowest BCUT2D eigenvalue weighted by atomic mass is 9.74. The van der Waals surface area contributed by atoms with E-state index in [9.17, 15) is 39.9 Å². The Morgan fingerprint density at radius 3 is 1.86 bits per heavy atom. The molecule has 12 heteroatoms. The van der Waals surface area contributed by atoms with Crippen molar-refractivity contribution < 1.29 is 48.7 Å². The summed E-state index contributed by atoms with van der Waals surface area (Å²) < 4.78 is 143. The molecule has 192 valence electrons. The average Bonchev–Trinajstić information content (AvgIpc) is 2.80. The van der Waals surface area contributed by atoms with E-state index in [1.807, 2.05) is 5.32 Å². The van der Waals surface area contributed by atoms with Gasteiger partial charge in [-0.2, -0.15) is 22.0 Å². The Labute approximate surface area is 197 Å². The van der Waals surface area contributed by atoms with Crippen LogP contribution in [-0.2, 0) is 22.4 Å². The molecular weight excluding hydrogens is 508 g/mol. The maximum atomic E-state index is 16.3. The normalized spacial score (nSPS) is 13.9. The Morgan fingerprint density at radius 2 is 1.31 bits per heavy atom. The Balaban J connectivity index is 2.53. The van der Waals surface area contributed by atoms with E-state index < -0.39 is 81.3 Å². The topological polar surface area (TPSA) is 29.1 Å². The van der Waals surface area contributed by atoms with Crippen LogP contribution in [0, 0.1) is 29.1 Å². The van der Waals surface area contributed by atoms with Gasteiger partial charge in [-0.3, -0.25) is 4.79 Å². The number of alkyl halides is 5. The highest BCUT2D eigenvalue weighted by Crippen LogP contribution is 2.51. The van der Waals surface area contributed by atoms with E-state index in [-0.39, 0.29) is 30.3 Å². The van der Waals surface area contributed by atoms with Crippen LogP contribution in [0.1, 0.15) is 35.6 Å². The molecule has 2 nitrogen and oxygen atoms in total. The molecule has 1 N–H and O–H groups in total. The molecule has 0 aliphatic carbocycles. The maximum absolute atomic E-state index is 16.3. The van der Waals surface area contributed by atoms with Crippen LogP contribution in [0.2, 0.25) is 0 Å². The third-order valence-electron chi connectivity index (χ3n) is 5.43. The Kier molecular flexibility index (Phi) is 7.11. The second-order valence-electron chi connectivity index (χ2n) is 7.68. The first-order valence-corrected chi connectivity index (χ1v) is 10.1. The molecule has 1 atom stereocenters. The van der Waals surface area contributed by atoms with Crippen LogP contribution in [0.5, 0.6) is 0 Å². The van der Waals surface area contributed by atoms with Crippen LogP contribution in [0.25, 0.3) is 0 Å². The van der Waals surface area contributed by atoms with Gasteiger partial charge in [-0.05, 0) is 53.6 Å². The van der Waals surface area contributed by atoms with E-state index in [2.05, 4.69) is 0 Å². The van der Waals surface area contributed by atoms with Crippen molar-refractivity contribution in [3.05, 3.63) is 106 Å². The van der Waals surface area contributed by atoms with Crippen LogP contribution in [0.15, 0.2) is 54.6 Å². The summed E-state index contributed by atoms with van der Waals surface area (Å²) in [7, 11) is 0. The fourth-order valence-corrected chi connectivity index (χ4v) is 3.69. The molecule has 1 amide bonds. The first kappa shape index (κ1) is 27.0. The smallest absolute Gasteiger partial charge is 0.337 e. The maximum Gasteiger partial charge on any atom is 0.416 e. The Bertz CT molecular complexity index is 1290. The molecule has 0 aromatic heterocycles. The highest BCUT2D eigenvalue weighted by atomic mass is 19.4. The molecule has 0 heterocycles. The highest BCUT2D eigenvalue weighted by Gasteiger charge is 2.60. The monoisotopic (exact) mass is 523 g/mol. The molecule has 0 spiro atoms. The summed E-state index contributed by atoms with van der Waals surface area (Å²) in [6, 6.07) is 3.13. The zero-order valence-corrected chi connectivity index (χ0v) is 18.1. The molecule has 0 radical (unpaired) electrons. The predicted molar refractivity (Wildman–Crippen MR) is 107 cm³/mol. The first-order chi connectivity index (χ1) is 16.6. The quantitative estimate of drug-likeness (QED) is 0.275. The molecule has 0 aliphatic rings. The third kappa shape index (κ3) is 4.63. The molecule has 36 heavy (non-hydrogen) atoms. The van der Waals surface area contributed by atoms with Crippen LogP contribution in [0.3, 0.4) is 0 Å². The molecule has 0 unspecified atom stereocenters. The summed E-state index contributed by atoms with van der Waals surface area (Å²) in [5.74, 6) is -15.3. The second-order valence-corrected chi connectivity index (χ2v) is 7.68. The van der Waals surface area contributed by atoms with E-state index in [0.29, 0.717) is 24.3 Å². The summed E-state index contributed by atoms with van der Waals surface area (Å²) in [5.41, 5.74) is -9.17. The van der Waals surface area contributed by atoms with E-state index in [0.717, 1.165) is 0 Å². The fourth-order valence-electron chi connectivity index (χ4n) is 3.69. The summed E-state index contributed by atoms with van der Waals surface area (Å²) in [6.45, 7) is 1.19. The van der Waals surface area contributed by atoms with E-state index >= 15 is 8.78 Å². The highest BCUT2D eigenvalue weighted by molar-refractivity contribution is 5.78. The van der Waals surface area contributed by atoms with E-state index in [4.69, 9.17) is 0 Å². The number of hydrogen-bond donors (Lipinski definition) is 1. The summed E-state index contributed by atoms with van der Waals surface area (Å²) >= 11 is 0. The lowest BCUT2D eigenvalue weighted by Crippen LogP contribution is -2.57. The average molecular weight is 523 g/mol. The van der Waals surface area contributed by atoms with Crippen LogP contribution >= 0.6 is 0 Å². The molecule has 0 aliphatic heterocycles. The van der Waals surface area contributed by atoms with E-state index in [1.54, 1.807) is 0 Å². The van der Waals surface area contributed by atoms with Crippen molar-refractivity contribution in [2.75, 3.05) is 0 Å². The minimum atomic E-state index is -5.25. The zero-order valence-electron chi connectivity index (χ0n) is 18.1. The number of nitrogens with one attached hydrogen (secondary N) is 1. The van der Waals surface area contributed by atoms with Crippen molar-refractivity contribution in [2.24, 2.45) is 0 Å². The van der Waals surface area contributed by atoms with Crippen LogP contribution < -0.4 is 5.32 Å². The van der Waals surface area contributed by atoms with Gasteiger partial charge in [0.25, 0.3) is 0 Å². The van der Waals surface area contributed by atoms with Gasteiger partial charge >= 0.3 is 12.1 Å². The molecular formula is C24H15F10NO. The van der Waals surface area contributed by atoms with Crippen molar-refractivity contribution in [1.82, 2.24) is 5.32 Å². The van der Waals surface area contributed by atoms with Crippen molar-refractivity contribution >= 4 is 5.91 Å². The minimum absolute atomic E-state index is 0.00312. The first-order valence-electron chi connectivity index (χ1n) is 10.1. The Morgan fingerprint density at radius 1 is 0.722 bits per heavy atom. The SMILES string of the molecule is CCC(=O)N[C@](c1ccc(F)cc1)(c1cc(F)cc(C(F)(F)F)c1)C(F)(F)c1ccc(F)c(F)c1F. The largest absolute Gasteiger partial charge is 0.416 e. The number of amides is 1. The summed E-state index contributed by atoms with van der Waals surface area (Å²) in [5, 5.41) is 1.81. The number of carbonyl (C=O) groups is 1. The molecule has 3 aromatic carbocycles. The fraction of sp³-hybridized carbons (Fsp3) is 0.208. The molecule has 0 saturated heterocycles. The van der Waals surface area contributed by atoms with Crippen molar-refractivity contribution in [2.45, 2.75) is 31.0 Å². The molecule has 0 saturated carbocycles. The minimum Gasteiger partial charge on any atom is -0.337 e. The lowest BCUT2D eigenvalue weighted by Gasteiger charge is -2.42.